The van der Waals surface area contributed by atoms with Gasteiger partial charge in [-0.2, -0.15) is 0 Å². The van der Waals surface area contributed by atoms with E-state index in [0.717, 1.165) is 0 Å². The van der Waals surface area contributed by atoms with Crippen LogP contribution in [0.4, 0.5) is 0 Å². The van der Waals surface area contributed by atoms with Gasteiger partial charge in [0, 0.05) is 10.0 Å². The molecule has 0 aliphatic heterocycles. The summed E-state index contributed by atoms with van der Waals surface area (Å²) in [6.45, 7) is -0.671. The van der Waals surface area contributed by atoms with Gasteiger partial charge in [-0.15, -0.1) is 0 Å². The molecule has 1 aromatic rings. The molecule has 7 heteroatoms. The van der Waals surface area contributed by atoms with Crippen LogP contribution in [0, 0.1) is 0 Å². The molecule has 0 spiro atoms. The van der Waals surface area contributed by atoms with Crippen molar-refractivity contribution in [3.63, 3.8) is 0 Å². The molecular weight excluding hydrogens is 313 g/mol. The standard InChI is InChI=1S/C10H9BrClNO4/c11-6-3-5(1-2-7(6)12)9(15)13-8(4-14)10(16)17/h1-3,8,14H,4H2,(H,13,15)(H,16,17)/t8-/m0/s1. The number of carbonyl (C=O) groups is 2. The van der Waals surface area contributed by atoms with Gasteiger partial charge in [0.15, 0.2) is 6.04 Å². The Hall–Kier alpha value is -1.11. The quantitative estimate of drug-likeness (QED) is 0.779. The van der Waals surface area contributed by atoms with Gasteiger partial charge in [-0.25, -0.2) is 4.79 Å². The van der Waals surface area contributed by atoms with E-state index in [1.165, 1.54) is 18.2 Å². The van der Waals surface area contributed by atoms with Crippen molar-refractivity contribution >= 4 is 39.4 Å². The van der Waals surface area contributed by atoms with Crippen LogP contribution >= 0.6 is 27.5 Å². The zero-order chi connectivity index (χ0) is 13.0. The fourth-order valence-corrected chi connectivity index (χ4v) is 1.56. The van der Waals surface area contributed by atoms with Crippen molar-refractivity contribution in [1.29, 1.82) is 0 Å². The molecule has 0 saturated heterocycles. The maximum absolute atomic E-state index is 11.6. The number of aliphatic carboxylic acids is 1. The number of carboxylic acid groups (broad SMARTS) is 1. The lowest BCUT2D eigenvalue weighted by molar-refractivity contribution is -0.140. The van der Waals surface area contributed by atoms with Gasteiger partial charge in [-0.3, -0.25) is 4.79 Å². The first-order chi connectivity index (χ1) is 7.95. The first-order valence-corrected chi connectivity index (χ1v) is 5.72. The van der Waals surface area contributed by atoms with Crippen molar-refractivity contribution in [2.45, 2.75) is 6.04 Å². The Balaban J connectivity index is 2.82. The zero-order valence-corrected chi connectivity index (χ0v) is 10.8. The number of rotatable bonds is 4. The van der Waals surface area contributed by atoms with Crippen LogP contribution in [-0.2, 0) is 4.79 Å². The number of hydrogen-bond acceptors (Lipinski definition) is 3. The molecule has 0 saturated carbocycles. The van der Waals surface area contributed by atoms with E-state index in [0.29, 0.717) is 9.50 Å². The third kappa shape index (κ3) is 3.69. The van der Waals surface area contributed by atoms with Gasteiger partial charge in [0.1, 0.15) is 0 Å². The topological polar surface area (TPSA) is 86.6 Å². The van der Waals surface area contributed by atoms with Gasteiger partial charge >= 0.3 is 5.97 Å². The second-order valence-electron chi connectivity index (χ2n) is 3.18. The highest BCUT2D eigenvalue weighted by atomic mass is 79.9. The second kappa shape index (κ2) is 6.00. The average Bonchev–Trinajstić information content (AvgIpc) is 2.28. The third-order valence-corrected chi connectivity index (χ3v) is 3.18. The summed E-state index contributed by atoms with van der Waals surface area (Å²) in [7, 11) is 0. The maximum atomic E-state index is 11.6. The summed E-state index contributed by atoms with van der Waals surface area (Å²) in [5, 5.41) is 20.0. The number of carboxylic acids is 1. The van der Waals surface area contributed by atoms with Gasteiger partial charge in [0.2, 0.25) is 0 Å². The van der Waals surface area contributed by atoms with Crippen LogP contribution in [0.5, 0.6) is 0 Å². The molecule has 0 aromatic heterocycles. The number of hydrogen-bond donors (Lipinski definition) is 3. The second-order valence-corrected chi connectivity index (χ2v) is 4.44. The molecular formula is C10H9BrClNO4. The van der Waals surface area contributed by atoms with E-state index in [1.807, 2.05) is 0 Å². The van der Waals surface area contributed by atoms with Gasteiger partial charge in [0.05, 0.1) is 11.6 Å². The van der Waals surface area contributed by atoms with Crippen LogP contribution in [-0.4, -0.2) is 34.7 Å². The smallest absolute Gasteiger partial charge is 0.328 e. The van der Waals surface area contributed by atoms with Crippen LogP contribution in [0.3, 0.4) is 0 Å². The van der Waals surface area contributed by atoms with Crippen molar-refractivity contribution in [2.24, 2.45) is 0 Å². The molecule has 1 atom stereocenters. The Morgan fingerprint density at radius 3 is 2.59 bits per heavy atom. The first-order valence-electron chi connectivity index (χ1n) is 4.55. The molecule has 5 nitrogen and oxygen atoms in total. The molecule has 0 bridgehead atoms. The molecule has 0 aliphatic carbocycles. The van der Waals surface area contributed by atoms with Crippen molar-refractivity contribution < 1.29 is 19.8 Å². The number of aliphatic hydroxyl groups is 1. The first kappa shape index (κ1) is 14.0. The number of carbonyl (C=O) groups excluding carboxylic acids is 1. The Bertz CT molecular complexity index is 452. The molecule has 0 aliphatic rings. The minimum Gasteiger partial charge on any atom is -0.480 e. The van der Waals surface area contributed by atoms with Crippen molar-refractivity contribution in [1.82, 2.24) is 5.32 Å². The minimum atomic E-state index is -1.32. The van der Waals surface area contributed by atoms with Crippen molar-refractivity contribution in [2.75, 3.05) is 6.61 Å². The van der Waals surface area contributed by atoms with Gasteiger partial charge in [-0.1, -0.05) is 11.6 Å². The Kier molecular flexibility index (Phi) is 4.92. The van der Waals surface area contributed by atoms with E-state index in [2.05, 4.69) is 21.2 Å². The lowest BCUT2D eigenvalue weighted by Crippen LogP contribution is -2.43. The molecule has 1 rings (SSSR count). The maximum Gasteiger partial charge on any atom is 0.328 e. The molecule has 1 amide bonds. The summed E-state index contributed by atoms with van der Waals surface area (Å²) in [5.74, 6) is -1.89. The third-order valence-electron chi connectivity index (χ3n) is 1.97. The molecule has 0 radical (unpaired) electrons. The molecule has 0 heterocycles. The zero-order valence-electron chi connectivity index (χ0n) is 8.48. The molecule has 3 N–H and O–H groups in total. The fourth-order valence-electron chi connectivity index (χ4n) is 1.06. The minimum absolute atomic E-state index is 0.251. The van der Waals surface area contributed by atoms with E-state index in [9.17, 15) is 9.59 Å². The predicted molar refractivity (Wildman–Crippen MR) is 65.1 cm³/mol. The van der Waals surface area contributed by atoms with E-state index in [4.69, 9.17) is 21.8 Å². The lowest BCUT2D eigenvalue weighted by atomic mass is 10.2. The molecule has 17 heavy (non-hydrogen) atoms. The van der Waals surface area contributed by atoms with Crippen LogP contribution in [0.2, 0.25) is 5.02 Å². The summed E-state index contributed by atoms with van der Waals surface area (Å²) in [6.07, 6.45) is 0. The Morgan fingerprint density at radius 2 is 2.12 bits per heavy atom. The fraction of sp³-hybridized carbons (Fsp3) is 0.200. The molecule has 92 valence electrons. The predicted octanol–water partition coefficient (Wildman–Crippen LogP) is 1.28. The van der Waals surface area contributed by atoms with E-state index >= 15 is 0 Å². The highest BCUT2D eigenvalue weighted by Gasteiger charge is 2.19. The Labute approximate surface area is 111 Å². The monoisotopic (exact) mass is 321 g/mol. The molecule has 0 fully saturated rings. The highest BCUT2D eigenvalue weighted by Crippen LogP contribution is 2.23. The number of amides is 1. The number of nitrogens with one attached hydrogen (secondary N) is 1. The SMILES string of the molecule is O=C(N[C@@H](CO)C(=O)O)c1ccc(Cl)c(Br)c1. The van der Waals surface area contributed by atoms with Crippen LogP contribution in [0.15, 0.2) is 22.7 Å². The number of aliphatic hydroxyl groups excluding tert-OH is 1. The van der Waals surface area contributed by atoms with Gasteiger partial charge < -0.3 is 15.5 Å². The van der Waals surface area contributed by atoms with E-state index < -0.39 is 24.5 Å². The largest absolute Gasteiger partial charge is 0.480 e. The van der Waals surface area contributed by atoms with Gasteiger partial charge in [0.25, 0.3) is 5.91 Å². The number of benzene rings is 1. The van der Waals surface area contributed by atoms with Crippen LogP contribution in [0.1, 0.15) is 10.4 Å². The van der Waals surface area contributed by atoms with Crippen molar-refractivity contribution in [3.8, 4) is 0 Å². The van der Waals surface area contributed by atoms with Crippen LogP contribution in [0.25, 0.3) is 0 Å². The lowest BCUT2D eigenvalue weighted by Gasteiger charge is -2.11. The van der Waals surface area contributed by atoms with E-state index in [-0.39, 0.29) is 5.56 Å². The molecule has 1 aromatic carbocycles. The summed E-state index contributed by atoms with van der Waals surface area (Å²) >= 11 is 8.91. The normalized spacial score (nSPS) is 11.9. The molecule has 0 unspecified atom stereocenters. The average molecular weight is 323 g/mol. The summed E-state index contributed by atoms with van der Waals surface area (Å²) in [4.78, 5) is 22.2. The Morgan fingerprint density at radius 1 is 1.47 bits per heavy atom. The number of halogens is 2. The summed E-state index contributed by atoms with van der Waals surface area (Å²) in [6, 6.07) is 3.11. The summed E-state index contributed by atoms with van der Waals surface area (Å²) < 4.78 is 0.530. The van der Waals surface area contributed by atoms with Gasteiger partial charge in [-0.05, 0) is 34.1 Å². The highest BCUT2D eigenvalue weighted by molar-refractivity contribution is 9.10. The van der Waals surface area contributed by atoms with Crippen LogP contribution < -0.4 is 5.32 Å². The van der Waals surface area contributed by atoms with E-state index in [1.54, 1.807) is 0 Å². The summed E-state index contributed by atoms with van der Waals surface area (Å²) in [5.41, 5.74) is 0.251. The van der Waals surface area contributed by atoms with Crippen molar-refractivity contribution in [3.05, 3.63) is 33.3 Å².